The van der Waals surface area contributed by atoms with Crippen LogP contribution >= 0.6 is 20.4 Å². The quantitative estimate of drug-likeness (QED) is 0.740. The molecule has 5 rings (SSSR count). The Bertz CT molecular complexity index is 1080. The minimum atomic E-state index is -0.512. The van der Waals surface area contributed by atoms with E-state index < -0.39 is 9.70 Å². The molecule has 2 saturated heterocycles. The summed E-state index contributed by atoms with van der Waals surface area (Å²) in [5.74, 6) is 0. The lowest BCUT2D eigenvalue weighted by Gasteiger charge is -2.31. The Balaban J connectivity index is 1.64. The third-order valence-electron chi connectivity index (χ3n) is 5.97. The summed E-state index contributed by atoms with van der Waals surface area (Å²) in [7, 11) is 6.63. The van der Waals surface area contributed by atoms with Gasteiger partial charge in [-0.15, -0.1) is 0 Å². The van der Waals surface area contributed by atoms with Crippen LogP contribution in [0.1, 0.15) is 11.1 Å². The summed E-state index contributed by atoms with van der Waals surface area (Å²) < 4.78 is 6.67. The minimum Gasteiger partial charge on any atom is -0.378 e. The summed E-state index contributed by atoms with van der Waals surface area (Å²) in [6.45, 7) is 11.8. The topological polar surface area (TPSA) is 40.1 Å². The van der Waals surface area contributed by atoms with Crippen molar-refractivity contribution >= 4 is 37.4 Å². The summed E-state index contributed by atoms with van der Waals surface area (Å²) in [6.07, 6.45) is 0. The van der Waals surface area contributed by atoms with Crippen molar-refractivity contribution < 1.29 is 4.74 Å². The number of rotatable bonds is 2. The summed E-state index contributed by atoms with van der Waals surface area (Å²) >= 11 is 0. The number of fused-ring (bicyclic) bond motifs is 2. The van der Waals surface area contributed by atoms with E-state index in [1.165, 1.54) is 22.5 Å². The SMILES string of the molecule is Cc1cc(N2CCNCC2)cc2c1N=c1c(C)cc(N3CCOCC3)cc1=S2Cl. The van der Waals surface area contributed by atoms with E-state index >= 15 is 0 Å². The zero-order chi connectivity index (χ0) is 20.0. The van der Waals surface area contributed by atoms with Crippen molar-refractivity contribution in [2.75, 3.05) is 62.3 Å². The number of nitrogens with zero attached hydrogens (tertiary/aromatic N) is 3. The molecule has 2 aromatic rings. The summed E-state index contributed by atoms with van der Waals surface area (Å²) in [5, 5.41) is 4.48. The number of ether oxygens (including phenoxy) is 1. The van der Waals surface area contributed by atoms with Gasteiger partial charge < -0.3 is 19.9 Å². The van der Waals surface area contributed by atoms with E-state index in [9.17, 15) is 0 Å². The highest BCUT2D eigenvalue weighted by Gasteiger charge is 2.20. The monoisotopic (exact) mass is 430 g/mol. The molecule has 1 unspecified atom stereocenters. The molecule has 0 aromatic heterocycles. The lowest BCUT2D eigenvalue weighted by Crippen LogP contribution is -2.43. The van der Waals surface area contributed by atoms with E-state index in [4.69, 9.17) is 20.4 Å². The van der Waals surface area contributed by atoms with Gasteiger partial charge in [0, 0.05) is 60.0 Å². The van der Waals surface area contributed by atoms with Crippen molar-refractivity contribution in [1.29, 1.82) is 0 Å². The fourth-order valence-corrected chi connectivity index (χ4v) is 6.50. The lowest BCUT2D eigenvalue weighted by atomic mass is 10.1. The average molecular weight is 431 g/mol. The number of benzene rings is 2. The fourth-order valence-electron chi connectivity index (χ4n) is 4.36. The van der Waals surface area contributed by atoms with Gasteiger partial charge in [-0.05, 0) is 59.9 Å². The number of piperazine rings is 1. The Morgan fingerprint density at radius 1 is 0.931 bits per heavy atom. The Morgan fingerprint density at radius 2 is 1.59 bits per heavy atom. The molecule has 154 valence electrons. The van der Waals surface area contributed by atoms with Gasteiger partial charge in [0.1, 0.15) is 0 Å². The molecular formula is C22H27ClN4OS. The first-order valence-corrected chi connectivity index (χ1v) is 12.4. The normalized spacial score (nSPS) is 21.4. The van der Waals surface area contributed by atoms with Crippen LogP contribution in [0.15, 0.2) is 34.2 Å². The lowest BCUT2D eigenvalue weighted by molar-refractivity contribution is 0.122. The first kappa shape index (κ1) is 19.4. The standard InChI is InChI=1S/C22H27ClN4OS/c1-15-11-17(26-5-3-24-4-6-26)13-19-21(15)25-22-16(2)12-18(14-20(22)29(19)23)27-7-9-28-10-8-27/h11-14,24H,3-10H2,1-2H3. The van der Waals surface area contributed by atoms with Crippen molar-refractivity contribution in [3.8, 4) is 0 Å². The van der Waals surface area contributed by atoms with E-state index in [-0.39, 0.29) is 0 Å². The summed E-state index contributed by atoms with van der Waals surface area (Å²) in [4.78, 5) is 11.1. The molecule has 2 aromatic carbocycles. The van der Waals surface area contributed by atoms with E-state index in [1.54, 1.807) is 0 Å². The molecule has 3 heterocycles. The molecule has 29 heavy (non-hydrogen) atoms. The van der Waals surface area contributed by atoms with E-state index in [2.05, 4.69) is 53.2 Å². The first-order chi connectivity index (χ1) is 14.1. The van der Waals surface area contributed by atoms with Crippen LogP contribution in [-0.4, -0.2) is 52.5 Å². The smallest absolute Gasteiger partial charge is 0.0811 e. The molecule has 2 fully saturated rings. The fraction of sp³-hybridized carbons (Fsp3) is 0.455. The number of hydrogen-bond acceptors (Lipinski definition) is 5. The van der Waals surface area contributed by atoms with Crippen LogP contribution in [0.25, 0.3) is 0 Å². The van der Waals surface area contributed by atoms with Crippen molar-refractivity contribution in [1.82, 2.24) is 5.32 Å². The first-order valence-electron chi connectivity index (χ1n) is 10.3. The van der Waals surface area contributed by atoms with Crippen LogP contribution in [0.4, 0.5) is 17.1 Å². The molecular weight excluding hydrogens is 404 g/mol. The van der Waals surface area contributed by atoms with Crippen LogP contribution in [-0.2, 0) is 4.74 Å². The molecule has 0 amide bonds. The highest BCUT2D eigenvalue weighted by Crippen LogP contribution is 2.46. The van der Waals surface area contributed by atoms with Gasteiger partial charge in [0.15, 0.2) is 0 Å². The second-order valence-electron chi connectivity index (χ2n) is 7.92. The van der Waals surface area contributed by atoms with Crippen LogP contribution in [0.2, 0.25) is 0 Å². The Hall–Kier alpha value is -1.60. The van der Waals surface area contributed by atoms with Gasteiger partial charge in [0.25, 0.3) is 0 Å². The maximum atomic E-state index is 7.14. The van der Waals surface area contributed by atoms with E-state index in [0.29, 0.717) is 0 Å². The van der Waals surface area contributed by atoms with E-state index in [0.717, 1.165) is 72.9 Å². The van der Waals surface area contributed by atoms with Crippen LogP contribution in [0.5, 0.6) is 0 Å². The maximum Gasteiger partial charge on any atom is 0.0811 e. The van der Waals surface area contributed by atoms with Gasteiger partial charge in [-0.25, -0.2) is 4.99 Å². The van der Waals surface area contributed by atoms with Crippen LogP contribution < -0.4 is 20.5 Å². The number of morpholine rings is 1. The minimum absolute atomic E-state index is 0.512. The zero-order valence-electron chi connectivity index (χ0n) is 17.0. The van der Waals surface area contributed by atoms with Gasteiger partial charge in [-0.2, -0.15) is 0 Å². The molecule has 5 nitrogen and oxygen atoms in total. The van der Waals surface area contributed by atoms with E-state index in [1.807, 2.05) is 0 Å². The van der Waals surface area contributed by atoms with Gasteiger partial charge in [-0.3, -0.25) is 0 Å². The second-order valence-corrected chi connectivity index (χ2v) is 10.2. The highest BCUT2D eigenvalue weighted by atomic mass is 35.7. The van der Waals surface area contributed by atoms with Crippen LogP contribution in [0, 0.1) is 18.4 Å². The molecule has 0 radical (unpaired) electrons. The number of anilines is 2. The molecule has 1 atom stereocenters. The number of hydrogen-bond donors (Lipinski definition) is 1. The Kier molecular flexibility index (Phi) is 5.28. The third-order valence-corrected chi connectivity index (χ3v) is 8.36. The number of halogens is 1. The molecule has 0 spiro atoms. The van der Waals surface area contributed by atoms with Crippen molar-refractivity contribution in [2.24, 2.45) is 4.99 Å². The van der Waals surface area contributed by atoms with Crippen molar-refractivity contribution in [2.45, 2.75) is 18.7 Å². The predicted octanol–water partition coefficient (Wildman–Crippen LogP) is 3.55. The average Bonchev–Trinajstić information content (AvgIpc) is 2.76. The highest BCUT2D eigenvalue weighted by molar-refractivity contribution is 8.29. The Labute approximate surface area is 178 Å². The number of nitrogens with one attached hydrogen (secondary N) is 1. The molecule has 0 aliphatic carbocycles. The molecule has 7 heteroatoms. The van der Waals surface area contributed by atoms with Gasteiger partial charge in [-0.1, -0.05) is 9.70 Å². The summed E-state index contributed by atoms with van der Waals surface area (Å²) in [5.41, 5.74) is 5.95. The number of aryl methyl sites for hydroxylation is 2. The largest absolute Gasteiger partial charge is 0.378 e. The Morgan fingerprint density at radius 3 is 2.34 bits per heavy atom. The summed E-state index contributed by atoms with van der Waals surface area (Å²) in [6, 6.07) is 9.04. The second kappa shape index (κ2) is 7.91. The van der Waals surface area contributed by atoms with Crippen molar-refractivity contribution in [3.05, 3.63) is 45.3 Å². The maximum absolute atomic E-state index is 7.14. The molecule has 1 N–H and O–H groups in total. The molecule has 0 bridgehead atoms. The van der Waals surface area contributed by atoms with Crippen molar-refractivity contribution in [3.63, 3.8) is 0 Å². The zero-order valence-corrected chi connectivity index (χ0v) is 18.6. The van der Waals surface area contributed by atoms with Gasteiger partial charge in [0.2, 0.25) is 0 Å². The molecule has 0 saturated carbocycles. The van der Waals surface area contributed by atoms with Crippen LogP contribution in [0.3, 0.4) is 0 Å². The molecule has 3 aliphatic heterocycles. The molecule has 3 aliphatic rings. The predicted molar refractivity (Wildman–Crippen MR) is 122 cm³/mol. The van der Waals surface area contributed by atoms with Gasteiger partial charge in [0.05, 0.1) is 24.3 Å². The third kappa shape index (κ3) is 3.56. The van der Waals surface area contributed by atoms with Gasteiger partial charge >= 0.3 is 0 Å².